The fourth-order valence-corrected chi connectivity index (χ4v) is 1.41. The monoisotopic (exact) mass is 222 g/mol. The molecule has 2 rings (SSSR count). The Labute approximate surface area is 92.9 Å². The van der Waals surface area contributed by atoms with Gasteiger partial charge in [-0.25, -0.2) is 4.98 Å². The van der Waals surface area contributed by atoms with Gasteiger partial charge in [0.05, 0.1) is 24.3 Å². The number of halogens is 1. The molecule has 15 heavy (non-hydrogen) atoms. The summed E-state index contributed by atoms with van der Waals surface area (Å²) in [4.78, 5) is 4.22. The molecule has 0 bridgehead atoms. The number of aryl methyl sites for hydroxylation is 1. The first-order valence-corrected chi connectivity index (χ1v) is 5.01. The van der Waals surface area contributed by atoms with Gasteiger partial charge < -0.3 is 4.57 Å². The van der Waals surface area contributed by atoms with Gasteiger partial charge in [-0.05, 0) is 26.0 Å². The zero-order chi connectivity index (χ0) is 10.8. The van der Waals surface area contributed by atoms with Gasteiger partial charge in [0.2, 0.25) is 0 Å². The van der Waals surface area contributed by atoms with Crippen LogP contribution in [0.25, 0.3) is 0 Å². The summed E-state index contributed by atoms with van der Waals surface area (Å²) < 4.78 is 2.03. The molecular weight excluding hydrogens is 212 g/mol. The number of nitrogens with zero attached hydrogens (tertiary/aromatic N) is 4. The fourth-order valence-electron chi connectivity index (χ4n) is 1.31. The number of hydrogen-bond acceptors (Lipinski definition) is 3. The zero-order valence-electron chi connectivity index (χ0n) is 8.61. The maximum absolute atomic E-state index is 5.66. The van der Waals surface area contributed by atoms with Crippen molar-refractivity contribution in [2.45, 2.75) is 20.4 Å². The predicted octanol–water partition coefficient (Wildman–Crippen LogP) is 1.99. The Morgan fingerprint density at radius 3 is 2.60 bits per heavy atom. The normalized spacial score (nSPS) is 10.6. The molecule has 0 amide bonds. The van der Waals surface area contributed by atoms with E-state index in [-0.39, 0.29) is 0 Å². The van der Waals surface area contributed by atoms with Crippen molar-refractivity contribution >= 4 is 11.6 Å². The Kier molecular flexibility index (Phi) is 2.68. The smallest absolute Gasteiger partial charge is 0.151 e. The molecule has 0 aliphatic rings. The standard InChI is InChI=1S/C10H11ClN4/c1-7-8(2)15(6-12-7)5-9-3-4-10(11)14-13-9/h3-4,6H,5H2,1-2H3. The van der Waals surface area contributed by atoms with Crippen molar-refractivity contribution in [3.05, 3.63) is 40.7 Å². The quantitative estimate of drug-likeness (QED) is 0.781. The van der Waals surface area contributed by atoms with Crippen LogP contribution in [0.5, 0.6) is 0 Å². The zero-order valence-corrected chi connectivity index (χ0v) is 9.36. The third-order valence-corrected chi connectivity index (χ3v) is 2.57. The van der Waals surface area contributed by atoms with Crippen LogP contribution in [0.4, 0.5) is 0 Å². The van der Waals surface area contributed by atoms with Crippen LogP contribution in [-0.4, -0.2) is 19.7 Å². The minimum atomic E-state index is 0.414. The van der Waals surface area contributed by atoms with Crippen LogP contribution in [0.1, 0.15) is 17.1 Å². The van der Waals surface area contributed by atoms with Gasteiger partial charge in [0.25, 0.3) is 0 Å². The van der Waals surface area contributed by atoms with Gasteiger partial charge in [-0.15, -0.1) is 5.10 Å². The number of aromatic nitrogens is 4. The molecule has 2 aromatic heterocycles. The summed E-state index contributed by atoms with van der Waals surface area (Å²) in [5, 5.41) is 8.20. The molecule has 0 unspecified atom stereocenters. The number of imidazole rings is 1. The van der Waals surface area contributed by atoms with E-state index in [1.165, 1.54) is 0 Å². The molecule has 0 aromatic carbocycles. The van der Waals surface area contributed by atoms with E-state index in [1.807, 2.05) is 24.5 Å². The van der Waals surface area contributed by atoms with Crippen LogP contribution in [-0.2, 0) is 6.54 Å². The van der Waals surface area contributed by atoms with Gasteiger partial charge in [-0.1, -0.05) is 11.6 Å². The Morgan fingerprint density at radius 1 is 1.27 bits per heavy atom. The van der Waals surface area contributed by atoms with E-state index in [1.54, 1.807) is 12.4 Å². The van der Waals surface area contributed by atoms with Gasteiger partial charge in [0.1, 0.15) is 0 Å². The highest BCUT2D eigenvalue weighted by atomic mass is 35.5. The molecule has 2 aromatic rings. The van der Waals surface area contributed by atoms with Crippen LogP contribution in [0.3, 0.4) is 0 Å². The summed E-state index contributed by atoms with van der Waals surface area (Å²) >= 11 is 5.66. The molecule has 0 N–H and O–H groups in total. The molecule has 0 spiro atoms. The average molecular weight is 223 g/mol. The van der Waals surface area contributed by atoms with Crippen molar-refractivity contribution in [2.75, 3.05) is 0 Å². The number of rotatable bonds is 2. The second-order valence-electron chi connectivity index (χ2n) is 3.39. The summed E-state index contributed by atoms with van der Waals surface area (Å²) in [5.41, 5.74) is 3.06. The minimum absolute atomic E-state index is 0.414. The SMILES string of the molecule is Cc1ncn(Cc2ccc(Cl)nn2)c1C. The van der Waals surface area contributed by atoms with Crippen LogP contribution in [0, 0.1) is 13.8 Å². The van der Waals surface area contributed by atoms with Crippen molar-refractivity contribution in [2.24, 2.45) is 0 Å². The average Bonchev–Trinajstić information content (AvgIpc) is 2.53. The fraction of sp³-hybridized carbons (Fsp3) is 0.300. The first-order valence-electron chi connectivity index (χ1n) is 4.63. The summed E-state index contributed by atoms with van der Waals surface area (Å²) in [5.74, 6) is 0. The molecule has 0 fully saturated rings. The van der Waals surface area contributed by atoms with E-state index in [4.69, 9.17) is 11.6 Å². The highest BCUT2D eigenvalue weighted by Crippen LogP contribution is 2.08. The highest BCUT2D eigenvalue weighted by molar-refractivity contribution is 6.29. The van der Waals surface area contributed by atoms with Crippen LogP contribution < -0.4 is 0 Å². The summed E-state index contributed by atoms with van der Waals surface area (Å²) in [6.07, 6.45) is 1.81. The minimum Gasteiger partial charge on any atom is -0.329 e. The Morgan fingerprint density at radius 2 is 2.07 bits per heavy atom. The molecule has 5 heteroatoms. The molecule has 0 aliphatic carbocycles. The topological polar surface area (TPSA) is 43.6 Å². The molecule has 0 radical (unpaired) electrons. The van der Waals surface area contributed by atoms with Crippen molar-refractivity contribution in [3.63, 3.8) is 0 Å². The molecular formula is C10H11ClN4. The van der Waals surface area contributed by atoms with Gasteiger partial charge in [-0.2, -0.15) is 5.10 Å². The summed E-state index contributed by atoms with van der Waals surface area (Å²) in [6, 6.07) is 3.60. The first kappa shape index (κ1) is 10.1. The first-order chi connectivity index (χ1) is 7.16. The second kappa shape index (κ2) is 3.98. The second-order valence-corrected chi connectivity index (χ2v) is 3.78. The lowest BCUT2D eigenvalue weighted by Gasteiger charge is -2.03. The maximum atomic E-state index is 5.66. The lowest BCUT2D eigenvalue weighted by Crippen LogP contribution is -2.03. The van der Waals surface area contributed by atoms with E-state index >= 15 is 0 Å². The molecule has 78 valence electrons. The van der Waals surface area contributed by atoms with Crippen molar-refractivity contribution in [1.82, 2.24) is 19.7 Å². The van der Waals surface area contributed by atoms with E-state index < -0.39 is 0 Å². The maximum Gasteiger partial charge on any atom is 0.151 e. The molecule has 0 aliphatic heterocycles. The lowest BCUT2D eigenvalue weighted by atomic mass is 10.3. The summed E-state index contributed by atoms with van der Waals surface area (Å²) in [6.45, 7) is 4.70. The molecule has 2 heterocycles. The Bertz CT molecular complexity index is 461. The van der Waals surface area contributed by atoms with E-state index in [2.05, 4.69) is 15.2 Å². The van der Waals surface area contributed by atoms with E-state index in [0.717, 1.165) is 17.1 Å². The third kappa shape index (κ3) is 2.15. The van der Waals surface area contributed by atoms with Gasteiger partial charge in [-0.3, -0.25) is 0 Å². The van der Waals surface area contributed by atoms with E-state index in [9.17, 15) is 0 Å². The molecule has 0 saturated carbocycles. The van der Waals surface area contributed by atoms with Crippen molar-refractivity contribution in [1.29, 1.82) is 0 Å². The van der Waals surface area contributed by atoms with Crippen LogP contribution in [0.15, 0.2) is 18.5 Å². The van der Waals surface area contributed by atoms with Gasteiger partial charge in [0, 0.05) is 5.69 Å². The number of hydrogen-bond donors (Lipinski definition) is 0. The van der Waals surface area contributed by atoms with Crippen molar-refractivity contribution in [3.8, 4) is 0 Å². The Balaban J connectivity index is 2.22. The van der Waals surface area contributed by atoms with Crippen LogP contribution in [0.2, 0.25) is 5.15 Å². The molecule has 0 saturated heterocycles. The molecule has 4 nitrogen and oxygen atoms in total. The summed E-state index contributed by atoms with van der Waals surface area (Å²) in [7, 11) is 0. The highest BCUT2D eigenvalue weighted by Gasteiger charge is 2.03. The van der Waals surface area contributed by atoms with Crippen molar-refractivity contribution < 1.29 is 0 Å². The van der Waals surface area contributed by atoms with Gasteiger partial charge in [0.15, 0.2) is 5.15 Å². The van der Waals surface area contributed by atoms with Gasteiger partial charge >= 0.3 is 0 Å². The lowest BCUT2D eigenvalue weighted by molar-refractivity contribution is 0.731. The largest absolute Gasteiger partial charge is 0.329 e. The molecule has 0 atom stereocenters. The predicted molar refractivity (Wildman–Crippen MR) is 57.8 cm³/mol. The van der Waals surface area contributed by atoms with E-state index in [0.29, 0.717) is 11.7 Å². The van der Waals surface area contributed by atoms with Crippen LogP contribution >= 0.6 is 11.6 Å². The third-order valence-electron chi connectivity index (χ3n) is 2.36. The Hall–Kier alpha value is -1.42.